The first kappa shape index (κ1) is 13.6. The van der Waals surface area contributed by atoms with Gasteiger partial charge in [-0.25, -0.2) is 13.4 Å². The first-order valence-electron chi connectivity index (χ1n) is 6.82. The van der Waals surface area contributed by atoms with E-state index in [2.05, 4.69) is 41.3 Å². The van der Waals surface area contributed by atoms with Crippen LogP contribution >= 0.6 is 0 Å². The van der Waals surface area contributed by atoms with Gasteiger partial charge in [0.15, 0.2) is 9.84 Å². The number of imidazole rings is 1. The standard InChI is InChI=1S/C14H19N3O2S/c1-9-5-12-13(6-10(9)2)17-14(16-12)7-11-8-20(18,19)4-3-15-11/h5-6,11,15H,3-4,7-8H2,1-2H3,(H,16,17). The molecule has 6 heteroatoms. The van der Waals surface area contributed by atoms with Crippen molar-refractivity contribution >= 4 is 20.9 Å². The van der Waals surface area contributed by atoms with Gasteiger partial charge in [-0.3, -0.25) is 0 Å². The number of H-pyrrole nitrogens is 1. The monoisotopic (exact) mass is 293 g/mol. The normalized spacial score (nSPS) is 22.2. The van der Waals surface area contributed by atoms with Crippen molar-refractivity contribution in [2.45, 2.75) is 26.3 Å². The molecule has 1 aromatic heterocycles. The van der Waals surface area contributed by atoms with Crippen LogP contribution in [0, 0.1) is 13.8 Å². The van der Waals surface area contributed by atoms with E-state index in [1.54, 1.807) is 0 Å². The molecule has 2 aromatic rings. The summed E-state index contributed by atoms with van der Waals surface area (Å²) in [6.07, 6.45) is 0.617. The van der Waals surface area contributed by atoms with E-state index in [-0.39, 0.29) is 17.5 Å². The van der Waals surface area contributed by atoms with Crippen molar-refractivity contribution in [3.8, 4) is 0 Å². The quantitative estimate of drug-likeness (QED) is 0.870. The molecule has 0 aliphatic carbocycles. The van der Waals surface area contributed by atoms with Crippen LogP contribution in [0.3, 0.4) is 0 Å². The lowest BCUT2D eigenvalue weighted by Gasteiger charge is -2.22. The SMILES string of the molecule is Cc1cc2nc(CC3CS(=O)(=O)CCN3)[nH]c2cc1C. The van der Waals surface area contributed by atoms with Crippen molar-refractivity contribution in [1.29, 1.82) is 0 Å². The zero-order valence-electron chi connectivity index (χ0n) is 11.7. The highest BCUT2D eigenvalue weighted by molar-refractivity contribution is 7.91. The summed E-state index contributed by atoms with van der Waals surface area (Å²) in [6.45, 7) is 4.67. The second-order valence-electron chi connectivity index (χ2n) is 5.61. The summed E-state index contributed by atoms with van der Waals surface area (Å²) in [5, 5.41) is 3.25. The van der Waals surface area contributed by atoms with Crippen molar-refractivity contribution in [3.63, 3.8) is 0 Å². The molecule has 1 unspecified atom stereocenters. The average Bonchev–Trinajstić information content (AvgIpc) is 2.69. The fourth-order valence-electron chi connectivity index (χ4n) is 2.65. The Morgan fingerprint density at radius 2 is 2.05 bits per heavy atom. The van der Waals surface area contributed by atoms with Gasteiger partial charge in [-0.1, -0.05) is 0 Å². The van der Waals surface area contributed by atoms with Crippen LogP contribution in [0.4, 0.5) is 0 Å². The van der Waals surface area contributed by atoms with Gasteiger partial charge in [0.1, 0.15) is 5.82 Å². The Morgan fingerprint density at radius 1 is 1.30 bits per heavy atom. The lowest BCUT2D eigenvalue weighted by Crippen LogP contribution is -2.46. The molecule has 0 amide bonds. The molecule has 1 aromatic carbocycles. The predicted octanol–water partition coefficient (Wildman–Crippen LogP) is 1.11. The van der Waals surface area contributed by atoms with E-state index < -0.39 is 9.84 Å². The fraction of sp³-hybridized carbons (Fsp3) is 0.500. The third-order valence-electron chi connectivity index (χ3n) is 3.89. The summed E-state index contributed by atoms with van der Waals surface area (Å²) >= 11 is 0. The number of rotatable bonds is 2. The van der Waals surface area contributed by atoms with Crippen LogP contribution in [0.5, 0.6) is 0 Å². The number of sulfone groups is 1. The Kier molecular flexibility index (Phi) is 3.30. The zero-order valence-corrected chi connectivity index (χ0v) is 12.5. The lowest BCUT2D eigenvalue weighted by molar-refractivity contribution is 0.510. The number of hydrogen-bond acceptors (Lipinski definition) is 4. The van der Waals surface area contributed by atoms with Gasteiger partial charge < -0.3 is 10.3 Å². The maximum absolute atomic E-state index is 11.6. The van der Waals surface area contributed by atoms with Crippen LogP contribution in [-0.4, -0.2) is 42.5 Å². The van der Waals surface area contributed by atoms with E-state index in [4.69, 9.17) is 0 Å². The fourth-order valence-corrected chi connectivity index (χ4v) is 4.10. The maximum Gasteiger partial charge on any atom is 0.153 e. The van der Waals surface area contributed by atoms with Crippen molar-refractivity contribution in [3.05, 3.63) is 29.1 Å². The van der Waals surface area contributed by atoms with Crippen molar-refractivity contribution in [2.24, 2.45) is 0 Å². The highest BCUT2D eigenvalue weighted by Crippen LogP contribution is 2.18. The second kappa shape index (κ2) is 4.86. The Morgan fingerprint density at radius 3 is 2.80 bits per heavy atom. The predicted molar refractivity (Wildman–Crippen MR) is 79.7 cm³/mol. The van der Waals surface area contributed by atoms with Crippen LogP contribution < -0.4 is 5.32 Å². The Labute approximate surface area is 118 Å². The van der Waals surface area contributed by atoms with Crippen LogP contribution in [0.25, 0.3) is 11.0 Å². The second-order valence-corrected chi connectivity index (χ2v) is 7.84. The molecular weight excluding hydrogens is 274 g/mol. The minimum absolute atomic E-state index is 0.0449. The summed E-state index contributed by atoms with van der Waals surface area (Å²) in [5.41, 5.74) is 4.41. The molecule has 0 radical (unpaired) electrons. The molecule has 1 aliphatic heterocycles. The molecule has 20 heavy (non-hydrogen) atoms. The first-order valence-corrected chi connectivity index (χ1v) is 8.65. The summed E-state index contributed by atoms with van der Waals surface area (Å²) in [5.74, 6) is 1.28. The van der Waals surface area contributed by atoms with E-state index in [9.17, 15) is 8.42 Å². The van der Waals surface area contributed by atoms with Gasteiger partial charge in [0.05, 0.1) is 22.5 Å². The number of benzene rings is 1. The van der Waals surface area contributed by atoms with E-state index in [1.165, 1.54) is 11.1 Å². The van der Waals surface area contributed by atoms with Crippen molar-refractivity contribution in [2.75, 3.05) is 18.1 Å². The molecule has 0 saturated carbocycles. The summed E-state index contributed by atoms with van der Waals surface area (Å²) < 4.78 is 23.3. The zero-order chi connectivity index (χ0) is 14.3. The Hall–Kier alpha value is -1.40. The molecule has 3 rings (SSSR count). The summed E-state index contributed by atoms with van der Waals surface area (Å²) in [6, 6.07) is 4.11. The molecule has 0 spiro atoms. The molecule has 2 heterocycles. The number of hydrogen-bond donors (Lipinski definition) is 2. The Balaban J connectivity index is 1.84. The molecule has 1 aliphatic rings. The minimum Gasteiger partial charge on any atom is -0.342 e. The minimum atomic E-state index is -2.90. The molecule has 1 saturated heterocycles. The summed E-state index contributed by atoms with van der Waals surface area (Å²) in [7, 11) is -2.90. The van der Waals surface area contributed by atoms with Crippen molar-refractivity contribution < 1.29 is 8.42 Å². The molecular formula is C14H19N3O2S. The third kappa shape index (κ3) is 2.71. The summed E-state index contributed by atoms with van der Waals surface area (Å²) in [4.78, 5) is 7.86. The lowest BCUT2D eigenvalue weighted by atomic mass is 10.1. The molecule has 5 nitrogen and oxygen atoms in total. The van der Waals surface area contributed by atoms with Crippen LogP contribution in [0.2, 0.25) is 0 Å². The third-order valence-corrected chi connectivity index (χ3v) is 5.62. The van der Waals surface area contributed by atoms with Gasteiger partial charge in [0.2, 0.25) is 0 Å². The largest absolute Gasteiger partial charge is 0.342 e. The van der Waals surface area contributed by atoms with Crippen LogP contribution in [0.15, 0.2) is 12.1 Å². The van der Waals surface area contributed by atoms with Crippen LogP contribution in [0.1, 0.15) is 17.0 Å². The molecule has 1 atom stereocenters. The van der Waals surface area contributed by atoms with Gasteiger partial charge in [-0.2, -0.15) is 0 Å². The number of aryl methyl sites for hydroxylation is 2. The van der Waals surface area contributed by atoms with Crippen LogP contribution in [-0.2, 0) is 16.3 Å². The molecule has 2 N–H and O–H groups in total. The maximum atomic E-state index is 11.6. The van der Waals surface area contributed by atoms with Gasteiger partial charge in [0, 0.05) is 19.0 Å². The smallest absolute Gasteiger partial charge is 0.153 e. The van der Waals surface area contributed by atoms with E-state index in [0.29, 0.717) is 13.0 Å². The highest BCUT2D eigenvalue weighted by Gasteiger charge is 2.25. The van der Waals surface area contributed by atoms with E-state index in [1.807, 2.05) is 0 Å². The number of nitrogens with zero attached hydrogens (tertiary/aromatic N) is 1. The molecule has 108 valence electrons. The van der Waals surface area contributed by atoms with Gasteiger partial charge in [0.25, 0.3) is 0 Å². The highest BCUT2D eigenvalue weighted by atomic mass is 32.2. The van der Waals surface area contributed by atoms with Gasteiger partial charge in [-0.05, 0) is 37.1 Å². The first-order chi connectivity index (χ1) is 9.43. The Bertz CT molecular complexity index is 710. The topological polar surface area (TPSA) is 74.8 Å². The molecule has 0 bridgehead atoms. The van der Waals surface area contributed by atoms with E-state index in [0.717, 1.165) is 16.9 Å². The number of nitrogens with one attached hydrogen (secondary N) is 2. The molecule has 1 fully saturated rings. The van der Waals surface area contributed by atoms with E-state index >= 15 is 0 Å². The number of aromatic amines is 1. The number of fused-ring (bicyclic) bond motifs is 1. The van der Waals surface area contributed by atoms with Gasteiger partial charge >= 0.3 is 0 Å². The average molecular weight is 293 g/mol. The number of aromatic nitrogens is 2. The van der Waals surface area contributed by atoms with Crippen molar-refractivity contribution in [1.82, 2.24) is 15.3 Å². The van der Waals surface area contributed by atoms with Gasteiger partial charge in [-0.15, -0.1) is 0 Å².